The Kier molecular flexibility index (Phi) is 2.75. The second kappa shape index (κ2) is 4.06. The molecule has 0 atom stereocenters. The van der Waals surface area contributed by atoms with E-state index in [0.29, 0.717) is 5.75 Å². The van der Waals surface area contributed by atoms with Crippen LogP contribution in [0.2, 0.25) is 0 Å². The lowest BCUT2D eigenvalue weighted by atomic mass is 10.2. The maximum atomic E-state index is 11.0. The van der Waals surface area contributed by atoms with E-state index in [1.165, 1.54) is 6.92 Å². The van der Waals surface area contributed by atoms with Crippen molar-refractivity contribution in [1.29, 1.82) is 0 Å². The number of benzene rings is 1. The highest BCUT2D eigenvalue weighted by Crippen LogP contribution is 2.28. The van der Waals surface area contributed by atoms with E-state index in [1.807, 2.05) is 35.8 Å². The molecular weight excluding hydrogens is 222 g/mol. The number of carbonyl (C=O) groups is 1. The van der Waals surface area contributed by atoms with Crippen molar-refractivity contribution in [2.45, 2.75) is 13.8 Å². The molecule has 1 aromatic heterocycles. The monoisotopic (exact) mass is 233 g/mol. The number of fused-ring (bicyclic) bond motifs is 1. The lowest BCUT2D eigenvalue weighted by Crippen LogP contribution is -2.02. The molecule has 2 aromatic rings. The van der Waals surface area contributed by atoms with Crippen LogP contribution in [0, 0.1) is 0 Å². The van der Waals surface area contributed by atoms with Gasteiger partial charge >= 0.3 is 5.97 Å². The van der Waals surface area contributed by atoms with E-state index in [1.54, 1.807) is 6.20 Å². The number of esters is 1. The van der Waals surface area contributed by atoms with Gasteiger partial charge in [0.05, 0.1) is 16.7 Å². The predicted octanol–water partition coefficient (Wildman–Crippen LogP) is 2.76. The molecule has 0 radical (unpaired) electrons. The van der Waals surface area contributed by atoms with Crippen LogP contribution in [-0.2, 0) is 4.79 Å². The summed E-state index contributed by atoms with van der Waals surface area (Å²) in [5.74, 6) is 0.220. The van der Waals surface area contributed by atoms with Crippen LogP contribution in [0.5, 0.6) is 5.75 Å². The number of para-hydroxylation sites is 1. The van der Waals surface area contributed by atoms with Crippen LogP contribution in [-0.4, -0.2) is 15.5 Å². The minimum atomic E-state index is -0.329. The van der Waals surface area contributed by atoms with Gasteiger partial charge < -0.3 is 9.30 Å². The van der Waals surface area contributed by atoms with Crippen LogP contribution in [0.3, 0.4) is 0 Å². The largest absolute Gasteiger partial charge is 0.424 e. The average molecular weight is 233 g/mol. The van der Waals surface area contributed by atoms with E-state index in [0.717, 1.165) is 15.9 Å². The molecule has 0 aliphatic carbocycles. The second-order valence-electron chi connectivity index (χ2n) is 3.49. The second-order valence-corrected chi connectivity index (χ2v) is 4.08. The van der Waals surface area contributed by atoms with Crippen molar-refractivity contribution in [3.63, 3.8) is 0 Å². The molecule has 1 heterocycles. The third kappa shape index (κ3) is 1.84. The smallest absolute Gasteiger partial charge is 0.308 e. The van der Waals surface area contributed by atoms with Gasteiger partial charge in [0.25, 0.3) is 0 Å². The highest BCUT2D eigenvalue weighted by Gasteiger charge is 2.11. The lowest BCUT2D eigenvalue weighted by molar-refractivity contribution is -0.131. The quantitative estimate of drug-likeness (QED) is 0.560. The SMILES string of the molecule is CC(=O)Oc1cn(C(C)=S)c2ccccc12. The molecule has 3 nitrogen and oxygen atoms in total. The zero-order valence-corrected chi connectivity index (χ0v) is 9.88. The Labute approximate surface area is 98.6 Å². The molecule has 0 aliphatic rings. The van der Waals surface area contributed by atoms with Crippen molar-refractivity contribution in [3.05, 3.63) is 30.5 Å². The number of aromatic nitrogens is 1. The maximum absolute atomic E-state index is 11.0. The van der Waals surface area contributed by atoms with Gasteiger partial charge in [-0.2, -0.15) is 0 Å². The Morgan fingerprint density at radius 3 is 2.62 bits per heavy atom. The van der Waals surface area contributed by atoms with Gasteiger partial charge in [0.2, 0.25) is 0 Å². The number of hydrogen-bond donors (Lipinski definition) is 0. The Bertz CT molecular complexity index is 571. The van der Waals surface area contributed by atoms with Crippen molar-refractivity contribution < 1.29 is 9.53 Å². The van der Waals surface area contributed by atoms with Crippen molar-refractivity contribution in [1.82, 2.24) is 4.57 Å². The molecule has 16 heavy (non-hydrogen) atoms. The predicted molar refractivity (Wildman–Crippen MR) is 66.9 cm³/mol. The van der Waals surface area contributed by atoms with E-state index >= 15 is 0 Å². The molecule has 0 N–H and O–H groups in total. The topological polar surface area (TPSA) is 31.2 Å². The Morgan fingerprint density at radius 1 is 1.31 bits per heavy atom. The minimum Gasteiger partial charge on any atom is -0.424 e. The Balaban J connectivity index is 2.66. The fourth-order valence-electron chi connectivity index (χ4n) is 1.65. The van der Waals surface area contributed by atoms with Crippen LogP contribution in [0.1, 0.15) is 13.8 Å². The summed E-state index contributed by atoms with van der Waals surface area (Å²) in [4.78, 5) is 11.7. The van der Waals surface area contributed by atoms with E-state index in [-0.39, 0.29) is 5.97 Å². The number of hydrogen-bond acceptors (Lipinski definition) is 3. The fraction of sp³-hybridized carbons (Fsp3) is 0.167. The van der Waals surface area contributed by atoms with Crippen molar-refractivity contribution in [2.75, 3.05) is 0 Å². The average Bonchev–Trinajstić information content (AvgIpc) is 2.57. The van der Waals surface area contributed by atoms with E-state index in [2.05, 4.69) is 0 Å². The number of rotatable bonds is 1. The van der Waals surface area contributed by atoms with E-state index < -0.39 is 0 Å². The highest BCUT2D eigenvalue weighted by atomic mass is 32.1. The molecule has 0 saturated carbocycles. The minimum absolute atomic E-state index is 0.329. The van der Waals surface area contributed by atoms with Gasteiger partial charge in [0.15, 0.2) is 5.75 Å². The molecule has 0 aliphatic heterocycles. The Morgan fingerprint density at radius 2 is 2.00 bits per heavy atom. The maximum Gasteiger partial charge on any atom is 0.308 e. The first-order valence-corrected chi connectivity index (χ1v) is 5.30. The molecule has 0 bridgehead atoms. The van der Waals surface area contributed by atoms with Crippen LogP contribution in [0.4, 0.5) is 0 Å². The highest BCUT2D eigenvalue weighted by molar-refractivity contribution is 7.80. The van der Waals surface area contributed by atoms with Crippen molar-refractivity contribution >= 4 is 34.1 Å². The van der Waals surface area contributed by atoms with Gasteiger partial charge in [0, 0.05) is 12.3 Å². The summed E-state index contributed by atoms with van der Waals surface area (Å²) in [6.45, 7) is 3.22. The molecule has 4 heteroatoms. The summed E-state index contributed by atoms with van der Waals surface area (Å²) >= 11 is 5.14. The molecule has 0 fully saturated rings. The van der Waals surface area contributed by atoms with Gasteiger partial charge in [-0.05, 0) is 19.1 Å². The molecule has 82 valence electrons. The van der Waals surface area contributed by atoms with Crippen molar-refractivity contribution in [3.8, 4) is 5.75 Å². The fourth-order valence-corrected chi connectivity index (χ4v) is 1.80. The molecule has 0 saturated heterocycles. The Hall–Kier alpha value is -1.68. The zero-order chi connectivity index (χ0) is 11.7. The summed E-state index contributed by atoms with van der Waals surface area (Å²) in [6, 6.07) is 7.67. The third-order valence-corrected chi connectivity index (χ3v) is 2.47. The van der Waals surface area contributed by atoms with Crippen LogP contribution in [0.25, 0.3) is 10.9 Å². The van der Waals surface area contributed by atoms with Gasteiger partial charge in [-0.3, -0.25) is 4.79 Å². The van der Waals surface area contributed by atoms with Gasteiger partial charge in [-0.15, -0.1) is 0 Å². The molecule has 0 spiro atoms. The van der Waals surface area contributed by atoms with Gasteiger partial charge in [-0.25, -0.2) is 0 Å². The normalized spacial score (nSPS) is 10.4. The summed E-state index contributed by atoms with van der Waals surface area (Å²) in [5.41, 5.74) is 0.950. The first kappa shape index (κ1) is 10.8. The van der Waals surface area contributed by atoms with Crippen molar-refractivity contribution in [2.24, 2.45) is 0 Å². The van der Waals surface area contributed by atoms with Gasteiger partial charge in [-0.1, -0.05) is 24.4 Å². The van der Waals surface area contributed by atoms with Crippen LogP contribution < -0.4 is 4.74 Å². The molecular formula is C12H11NO2S. The summed E-state index contributed by atoms with van der Waals surface area (Å²) in [7, 11) is 0. The number of ether oxygens (including phenoxy) is 1. The zero-order valence-electron chi connectivity index (χ0n) is 9.06. The first-order chi connectivity index (χ1) is 7.59. The molecule has 0 unspecified atom stereocenters. The van der Waals surface area contributed by atoms with Gasteiger partial charge in [0.1, 0.15) is 0 Å². The molecule has 2 rings (SSSR count). The lowest BCUT2D eigenvalue weighted by Gasteiger charge is -1.99. The third-order valence-electron chi connectivity index (χ3n) is 2.27. The number of thiocarbonyl (C=S) groups is 1. The number of carbonyl (C=O) groups excluding carboxylic acids is 1. The summed E-state index contributed by atoms with van der Waals surface area (Å²) in [5, 5.41) is 0.891. The first-order valence-electron chi connectivity index (χ1n) is 4.89. The van der Waals surface area contributed by atoms with E-state index in [4.69, 9.17) is 17.0 Å². The van der Waals surface area contributed by atoms with Crippen LogP contribution >= 0.6 is 12.2 Å². The number of nitrogens with zero attached hydrogens (tertiary/aromatic N) is 1. The van der Waals surface area contributed by atoms with E-state index in [9.17, 15) is 4.79 Å². The summed E-state index contributed by atoms with van der Waals surface area (Å²) in [6.07, 6.45) is 1.74. The summed E-state index contributed by atoms with van der Waals surface area (Å²) < 4.78 is 6.98. The molecule has 0 amide bonds. The standard InChI is InChI=1S/C12H11NO2S/c1-8(16)13-7-12(15-9(2)14)10-5-3-4-6-11(10)13/h3-7H,1-2H3. The molecule has 1 aromatic carbocycles. The van der Waals surface area contributed by atoms with Crippen LogP contribution in [0.15, 0.2) is 30.5 Å².